The van der Waals surface area contributed by atoms with Gasteiger partial charge in [-0.1, -0.05) is 32.8 Å². The molecule has 0 spiro atoms. The Hall–Kier alpha value is -1.51. The summed E-state index contributed by atoms with van der Waals surface area (Å²) in [6.45, 7) is 4.23. The van der Waals surface area contributed by atoms with Gasteiger partial charge in [-0.3, -0.25) is 4.79 Å². The van der Waals surface area contributed by atoms with Gasteiger partial charge >= 0.3 is 0 Å². The van der Waals surface area contributed by atoms with E-state index >= 15 is 0 Å². The zero-order valence-electron chi connectivity index (χ0n) is 11.7. The maximum atomic E-state index is 12.3. The van der Waals surface area contributed by atoms with E-state index < -0.39 is 0 Å². The SMILES string of the molecule is CCC(CC)CC(=O)c1cccc(OC)c1OC. The fourth-order valence-corrected chi connectivity index (χ4v) is 2.06. The Morgan fingerprint density at radius 3 is 2.33 bits per heavy atom. The molecule has 18 heavy (non-hydrogen) atoms. The second kappa shape index (κ2) is 7.04. The van der Waals surface area contributed by atoms with Crippen LogP contribution in [0.25, 0.3) is 0 Å². The average molecular weight is 250 g/mol. The Morgan fingerprint density at radius 2 is 1.83 bits per heavy atom. The number of rotatable bonds is 7. The van der Waals surface area contributed by atoms with Crippen LogP contribution in [0.3, 0.4) is 0 Å². The third kappa shape index (κ3) is 3.25. The van der Waals surface area contributed by atoms with E-state index in [9.17, 15) is 4.79 Å². The number of carbonyl (C=O) groups is 1. The molecule has 0 radical (unpaired) electrons. The van der Waals surface area contributed by atoms with Crippen LogP contribution in [-0.2, 0) is 0 Å². The fraction of sp³-hybridized carbons (Fsp3) is 0.533. The minimum absolute atomic E-state index is 0.124. The maximum absolute atomic E-state index is 12.3. The number of hydrogen-bond acceptors (Lipinski definition) is 3. The van der Waals surface area contributed by atoms with Gasteiger partial charge in [0.1, 0.15) is 0 Å². The number of ether oxygens (including phenoxy) is 2. The van der Waals surface area contributed by atoms with E-state index in [1.165, 1.54) is 0 Å². The predicted molar refractivity (Wildman–Crippen MR) is 72.6 cm³/mol. The van der Waals surface area contributed by atoms with Crippen molar-refractivity contribution in [2.75, 3.05) is 14.2 Å². The Kier molecular flexibility index (Phi) is 5.69. The van der Waals surface area contributed by atoms with Crippen molar-refractivity contribution in [2.45, 2.75) is 33.1 Å². The smallest absolute Gasteiger partial charge is 0.171 e. The van der Waals surface area contributed by atoms with Crippen molar-refractivity contribution in [3.8, 4) is 11.5 Å². The molecule has 0 saturated carbocycles. The van der Waals surface area contributed by atoms with Gasteiger partial charge in [0.05, 0.1) is 19.8 Å². The molecule has 0 unspecified atom stereocenters. The first-order valence-electron chi connectivity index (χ1n) is 6.42. The summed E-state index contributed by atoms with van der Waals surface area (Å²) in [6.07, 6.45) is 2.61. The molecule has 0 N–H and O–H groups in total. The number of benzene rings is 1. The van der Waals surface area contributed by atoms with Crippen LogP contribution in [0, 0.1) is 5.92 Å². The van der Waals surface area contributed by atoms with E-state index in [1.54, 1.807) is 26.4 Å². The third-order valence-corrected chi connectivity index (χ3v) is 3.33. The van der Waals surface area contributed by atoms with Gasteiger partial charge in [-0.05, 0) is 18.1 Å². The summed E-state index contributed by atoms with van der Waals surface area (Å²) in [6, 6.07) is 5.42. The number of para-hydroxylation sites is 1. The van der Waals surface area contributed by atoms with Crippen LogP contribution in [0.5, 0.6) is 11.5 Å². The number of ketones is 1. The summed E-state index contributed by atoms with van der Waals surface area (Å²) in [7, 11) is 3.14. The molecule has 0 aliphatic rings. The lowest BCUT2D eigenvalue weighted by Crippen LogP contribution is -2.09. The first-order valence-corrected chi connectivity index (χ1v) is 6.42. The maximum Gasteiger partial charge on any atom is 0.171 e. The van der Waals surface area contributed by atoms with Gasteiger partial charge < -0.3 is 9.47 Å². The van der Waals surface area contributed by atoms with Gasteiger partial charge in [-0.2, -0.15) is 0 Å². The monoisotopic (exact) mass is 250 g/mol. The second-order valence-electron chi connectivity index (χ2n) is 4.35. The van der Waals surface area contributed by atoms with Crippen molar-refractivity contribution in [3.05, 3.63) is 23.8 Å². The molecule has 1 rings (SSSR count). The highest BCUT2D eigenvalue weighted by Gasteiger charge is 2.18. The van der Waals surface area contributed by atoms with Gasteiger partial charge in [0.25, 0.3) is 0 Å². The molecule has 100 valence electrons. The van der Waals surface area contributed by atoms with Gasteiger partial charge in [0.15, 0.2) is 17.3 Å². The Balaban J connectivity index is 2.98. The van der Waals surface area contributed by atoms with Crippen molar-refractivity contribution >= 4 is 5.78 Å². The summed E-state index contributed by atoms with van der Waals surface area (Å²) in [4.78, 5) is 12.3. The molecule has 0 fully saturated rings. The van der Waals surface area contributed by atoms with Crippen LogP contribution in [-0.4, -0.2) is 20.0 Å². The minimum Gasteiger partial charge on any atom is -0.493 e. The van der Waals surface area contributed by atoms with Gasteiger partial charge in [0, 0.05) is 6.42 Å². The highest BCUT2D eigenvalue weighted by molar-refractivity contribution is 5.99. The average Bonchev–Trinajstić information content (AvgIpc) is 2.43. The molecule has 0 saturated heterocycles. The van der Waals surface area contributed by atoms with Crippen LogP contribution in [0.1, 0.15) is 43.5 Å². The normalized spacial score (nSPS) is 10.5. The first kappa shape index (κ1) is 14.6. The van der Waals surface area contributed by atoms with E-state index in [0.29, 0.717) is 29.4 Å². The van der Waals surface area contributed by atoms with Crippen molar-refractivity contribution in [1.29, 1.82) is 0 Å². The lowest BCUT2D eigenvalue weighted by atomic mass is 9.93. The number of hydrogen-bond donors (Lipinski definition) is 0. The van der Waals surface area contributed by atoms with Crippen LogP contribution < -0.4 is 9.47 Å². The number of methoxy groups -OCH3 is 2. The Morgan fingerprint density at radius 1 is 1.17 bits per heavy atom. The van der Waals surface area contributed by atoms with Gasteiger partial charge in [-0.25, -0.2) is 0 Å². The lowest BCUT2D eigenvalue weighted by molar-refractivity contribution is 0.0955. The molecule has 0 aromatic heterocycles. The van der Waals surface area contributed by atoms with Crippen LogP contribution in [0.15, 0.2) is 18.2 Å². The highest BCUT2D eigenvalue weighted by atomic mass is 16.5. The van der Waals surface area contributed by atoms with Gasteiger partial charge in [0.2, 0.25) is 0 Å². The summed E-state index contributed by atoms with van der Waals surface area (Å²) in [5.41, 5.74) is 0.615. The molecular weight excluding hydrogens is 228 g/mol. The molecular formula is C15H22O3. The van der Waals surface area contributed by atoms with Crippen molar-refractivity contribution < 1.29 is 14.3 Å². The van der Waals surface area contributed by atoms with E-state index in [-0.39, 0.29) is 5.78 Å². The summed E-state index contributed by atoms with van der Waals surface area (Å²) in [5, 5.41) is 0. The molecule has 0 aliphatic heterocycles. The first-order chi connectivity index (χ1) is 8.67. The van der Waals surface area contributed by atoms with Crippen LogP contribution in [0.4, 0.5) is 0 Å². The Bertz CT molecular complexity index is 395. The van der Waals surface area contributed by atoms with Crippen LogP contribution in [0.2, 0.25) is 0 Å². The topological polar surface area (TPSA) is 35.5 Å². The molecule has 0 heterocycles. The number of Topliss-reactive ketones (excluding diaryl/α,β-unsaturated/α-hetero) is 1. The zero-order valence-corrected chi connectivity index (χ0v) is 11.7. The van der Waals surface area contributed by atoms with Crippen molar-refractivity contribution in [3.63, 3.8) is 0 Å². The molecule has 3 nitrogen and oxygen atoms in total. The number of carbonyl (C=O) groups excluding carboxylic acids is 1. The Labute approximate surface area is 109 Å². The summed E-state index contributed by atoms with van der Waals surface area (Å²) < 4.78 is 10.5. The third-order valence-electron chi connectivity index (χ3n) is 3.33. The molecule has 0 bridgehead atoms. The van der Waals surface area contributed by atoms with Gasteiger partial charge in [-0.15, -0.1) is 0 Å². The highest BCUT2D eigenvalue weighted by Crippen LogP contribution is 2.32. The largest absolute Gasteiger partial charge is 0.493 e. The van der Waals surface area contributed by atoms with E-state index in [0.717, 1.165) is 12.8 Å². The summed E-state index contributed by atoms with van der Waals surface area (Å²) in [5.74, 6) is 1.71. The fourth-order valence-electron chi connectivity index (χ4n) is 2.06. The molecule has 0 aliphatic carbocycles. The van der Waals surface area contributed by atoms with Crippen LogP contribution >= 0.6 is 0 Å². The lowest BCUT2D eigenvalue weighted by Gasteiger charge is -2.14. The summed E-state index contributed by atoms with van der Waals surface area (Å²) >= 11 is 0. The molecule has 0 atom stereocenters. The quantitative estimate of drug-likeness (QED) is 0.692. The van der Waals surface area contributed by atoms with Crippen molar-refractivity contribution in [1.82, 2.24) is 0 Å². The molecule has 1 aromatic carbocycles. The van der Waals surface area contributed by atoms with Crippen molar-refractivity contribution in [2.24, 2.45) is 5.92 Å². The molecule has 3 heteroatoms. The van der Waals surface area contributed by atoms with E-state index in [2.05, 4.69) is 13.8 Å². The van der Waals surface area contributed by atoms with E-state index in [1.807, 2.05) is 6.07 Å². The minimum atomic E-state index is 0.124. The van der Waals surface area contributed by atoms with E-state index in [4.69, 9.17) is 9.47 Å². The molecule has 1 aromatic rings. The second-order valence-corrected chi connectivity index (χ2v) is 4.35. The molecule has 0 amide bonds. The standard InChI is InChI=1S/C15H22O3/c1-5-11(6-2)10-13(16)12-8-7-9-14(17-3)15(12)18-4/h7-9,11H,5-6,10H2,1-4H3. The predicted octanol–water partition coefficient (Wildman–Crippen LogP) is 3.71. The zero-order chi connectivity index (χ0) is 13.5.